The standard InChI is InChI=1S/C18H21N3O2/c19-13-14-4-3-5-16(12-14)18(23)21-10-6-15(7-11-21)17(22)20-8-1-2-9-20/h3-5,12,15H,1-2,6-11H2. The zero-order chi connectivity index (χ0) is 16.2. The summed E-state index contributed by atoms with van der Waals surface area (Å²) in [4.78, 5) is 28.7. The fourth-order valence-corrected chi connectivity index (χ4v) is 3.43. The third kappa shape index (κ3) is 3.37. The van der Waals surface area contributed by atoms with Crippen LogP contribution in [-0.4, -0.2) is 47.8 Å². The maximum Gasteiger partial charge on any atom is 0.253 e. The first-order valence-electron chi connectivity index (χ1n) is 8.27. The Hall–Kier alpha value is -2.35. The van der Waals surface area contributed by atoms with Gasteiger partial charge in [0.15, 0.2) is 0 Å². The summed E-state index contributed by atoms with van der Waals surface area (Å²) in [5.41, 5.74) is 1.04. The highest BCUT2D eigenvalue weighted by atomic mass is 16.2. The first-order chi connectivity index (χ1) is 11.2. The highest BCUT2D eigenvalue weighted by Crippen LogP contribution is 2.23. The number of carbonyl (C=O) groups is 2. The van der Waals surface area contributed by atoms with E-state index in [1.54, 1.807) is 29.2 Å². The Morgan fingerprint density at radius 2 is 1.74 bits per heavy atom. The minimum atomic E-state index is -0.0471. The monoisotopic (exact) mass is 311 g/mol. The summed E-state index contributed by atoms with van der Waals surface area (Å²) in [7, 11) is 0. The second kappa shape index (κ2) is 6.82. The predicted molar refractivity (Wildman–Crippen MR) is 85.6 cm³/mol. The Morgan fingerprint density at radius 3 is 2.39 bits per heavy atom. The number of amides is 2. The van der Waals surface area contributed by atoms with E-state index in [1.165, 1.54) is 0 Å². The maximum absolute atomic E-state index is 12.5. The molecule has 23 heavy (non-hydrogen) atoms. The molecule has 2 saturated heterocycles. The van der Waals surface area contributed by atoms with Crippen LogP contribution in [0.3, 0.4) is 0 Å². The molecule has 5 heteroatoms. The molecule has 0 aliphatic carbocycles. The largest absolute Gasteiger partial charge is 0.342 e. The molecule has 0 N–H and O–H groups in total. The normalized spacial score (nSPS) is 18.7. The summed E-state index contributed by atoms with van der Waals surface area (Å²) < 4.78 is 0. The molecular weight excluding hydrogens is 290 g/mol. The maximum atomic E-state index is 12.5. The number of piperidine rings is 1. The van der Waals surface area contributed by atoms with Gasteiger partial charge in [-0.05, 0) is 43.9 Å². The van der Waals surface area contributed by atoms with Gasteiger partial charge in [-0.3, -0.25) is 9.59 Å². The van der Waals surface area contributed by atoms with E-state index in [4.69, 9.17) is 5.26 Å². The molecule has 0 unspecified atom stereocenters. The number of nitriles is 1. The van der Waals surface area contributed by atoms with Gasteiger partial charge in [0.2, 0.25) is 5.91 Å². The van der Waals surface area contributed by atoms with Crippen molar-refractivity contribution in [2.75, 3.05) is 26.2 Å². The number of hydrogen-bond acceptors (Lipinski definition) is 3. The molecule has 0 bridgehead atoms. The number of likely N-dealkylation sites (tertiary alicyclic amines) is 2. The van der Waals surface area contributed by atoms with Crippen LogP contribution in [0.4, 0.5) is 0 Å². The van der Waals surface area contributed by atoms with E-state index in [9.17, 15) is 9.59 Å². The summed E-state index contributed by atoms with van der Waals surface area (Å²) in [6, 6.07) is 8.85. The van der Waals surface area contributed by atoms with Gasteiger partial charge in [0.1, 0.15) is 0 Å². The van der Waals surface area contributed by atoms with Gasteiger partial charge in [0.05, 0.1) is 11.6 Å². The third-order valence-electron chi connectivity index (χ3n) is 4.79. The molecular formula is C18H21N3O2. The van der Waals surface area contributed by atoms with Crippen molar-refractivity contribution in [3.63, 3.8) is 0 Å². The van der Waals surface area contributed by atoms with Crippen LogP contribution < -0.4 is 0 Å². The van der Waals surface area contributed by atoms with Crippen molar-refractivity contribution in [1.82, 2.24) is 9.80 Å². The van der Waals surface area contributed by atoms with Gasteiger partial charge in [-0.1, -0.05) is 6.07 Å². The molecule has 0 saturated carbocycles. The number of carbonyl (C=O) groups excluding carboxylic acids is 2. The minimum Gasteiger partial charge on any atom is -0.342 e. The fraction of sp³-hybridized carbons (Fsp3) is 0.500. The van der Waals surface area contributed by atoms with Gasteiger partial charge in [0.25, 0.3) is 5.91 Å². The average molecular weight is 311 g/mol. The second-order valence-electron chi connectivity index (χ2n) is 6.29. The number of nitrogens with zero attached hydrogens (tertiary/aromatic N) is 3. The summed E-state index contributed by atoms with van der Waals surface area (Å²) in [6.07, 6.45) is 3.69. The number of rotatable bonds is 2. The zero-order valence-electron chi connectivity index (χ0n) is 13.2. The first kappa shape index (κ1) is 15.5. The molecule has 2 heterocycles. The van der Waals surface area contributed by atoms with E-state index >= 15 is 0 Å². The van der Waals surface area contributed by atoms with Crippen LogP contribution in [0.25, 0.3) is 0 Å². The van der Waals surface area contributed by atoms with Crippen LogP contribution in [0.2, 0.25) is 0 Å². The molecule has 0 radical (unpaired) electrons. The summed E-state index contributed by atoms with van der Waals surface area (Å²) >= 11 is 0. The van der Waals surface area contributed by atoms with Crippen LogP contribution in [0, 0.1) is 17.2 Å². The summed E-state index contributed by atoms with van der Waals surface area (Å²) in [5.74, 6) is 0.276. The van der Waals surface area contributed by atoms with Crippen molar-refractivity contribution in [1.29, 1.82) is 5.26 Å². The lowest BCUT2D eigenvalue weighted by molar-refractivity contribution is -0.135. The molecule has 2 aliphatic rings. The molecule has 0 aromatic heterocycles. The molecule has 1 aromatic rings. The lowest BCUT2D eigenvalue weighted by atomic mass is 9.94. The quantitative estimate of drug-likeness (QED) is 0.839. The van der Waals surface area contributed by atoms with Gasteiger partial charge >= 0.3 is 0 Å². The number of hydrogen-bond donors (Lipinski definition) is 0. The van der Waals surface area contributed by atoms with E-state index in [0.29, 0.717) is 24.2 Å². The van der Waals surface area contributed by atoms with Gasteiger partial charge in [-0.2, -0.15) is 5.26 Å². The van der Waals surface area contributed by atoms with Crippen molar-refractivity contribution in [2.24, 2.45) is 5.92 Å². The van der Waals surface area contributed by atoms with Crippen LogP contribution in [0.15, 0.2) is 24.3 Å². The zero-order valence-corrected chi connectivity index (χ0v) is 13.2. The smallest absolute Gasteiger partial charge is 0.253 e. The molecule has 1 aromatic carbocycles. The minimum absolute atomic E-state index is 0.0471. The van der Waals surface area contributed by atoms with Crippen molar-refractivity contribution < 1.29 is 9.59 Å². The summed E-state index contributed by atoms with van der Waals surface area (Å²) in [6.45, 7) is 3.00. The Balaban J connectivity index is 1.59. The first-order valence-corrected chi connectivity index (χ1v) is 8.27. The predicted octanol–water partition coefficient (Wildman–Crippen LogP) is 2.03. The molecule has 2 fully saturated rings. The van der Waals surface area contributed by atoms with E-state index in [2.05, 4.69) is 6.07 Å². The highest BCUT2D eigenvalue weighted by Gasteiger charge is 2.31. The van der Waals surface area contributed by atoms with Crippen molar-refractivity contribution in [3.8, 4) is 6.07 Å². The van der Waals surface area contributed by atoms with Gasteiger partial charge in [-0.25, -0.2) is 0 Å². The average Bonchev–Trinajstić information content (AvgIpc) is 3.15. The molecule has 3 rings (SSSR count). The molecule has 2 amide bonds. The lowest BCUT2D eigenvalue weighted by Gasteiger charge is -2.33. The number of benzene rings is 1. The van der Waals surface area contributed by atoms with Crippen molar-refractivity contribution >= 4 is 11.8 Å². The Labute approximate surface area is 136 Å². The van der Waals surface area contributed by atoms with E-state index in [0.717, 1.165) is 38.8 Å². The van der Waals surface area contributed by atoms with Crippen LogP contribution >= 0.6 is 0 Å². The topological polar surface area (TPSA) is 64.4 Å². The van der Waals surface area contributed by atoms with Gasteiger partial charge < -0.3 is 9.80 Å². The van der Waals surface area contributed by atoms with Crippen LogP contribution in [0.1, 0.15) is 41.6 Å². The Morgan fingerprint density at radius 1 is 1.04 bits per heavy atom. The van der Waals surface area contributed by atoms with Crippen molar-refractivity contribution in [3.05, 3.63) is 35.4 Å². The van der Waals surface area contributed by atoms with Crippen LogP contribution in [-0.2, 0) is 4.79 Å². The third-order valence-corrected chi connectivity index (χ3v) is 4.79. The molecule has 120 valence electrons. The highest BCUT2D eigenvalue weighted by molar-refractivity contribution is 5.94. The molecule has 0 spiro atoms. The SMILES string of the molecule is N#Cc1cccc(C(=O)N2CCC(C(=O)N3CCCC3)CC2)c1. The van der Waals surface area contributed by atoms with Crippen molar-refractivity contribution in [2.45, 2.75) is 25.7 Å². The van der Waals surface area contributed by atoms with E-state index < -0.39 is 0 Å². The molecule has 5 nitrogen and oxygen atoms in total. The summed E-state index contributed by atoms with van der Waals surface area (Å²) in [5, 5.41) is 8.94. The second-order valence-corrected chi connectivity index (χ2v) is 6.29. The van der Waals surface area contributed by atoms with Gasteiger partial charge in [0, 0.05) is 37.7 Å². The van der Waals surface area contributed by atoms with E-state index in [-0.39, 0.29) is 17.7 Å². The lowest BCUT2D eigenvalue weighted by Crippen LogP contribution is -2.43. The molecule has 2 aliphatic heterocycles. The Kier molecular flexibility index (Phi) is 4.61. The van der Waals surface area contributed by atoms with Crippen LogP contribution in [0.5, 0.6) is 0 Å². The van der Waals surface area contributed by atoms with E-state index in [1.807, 2.05) is 4.90 Å². The fourth-order valence-electron chi connectivity index (χ4n) is 3.43. The Bertz CT molecular complexity index is 636. The molecule has 0 atom stereocenters. The van der Waals surface area contributed by atoms with Gasteiger partial charge in [-0.15, -0.1) is 0 Å².